The summed E-state index contributed by atoms with van der Waals surface area (Å²) in [7, 11) is 0. The van der Waals surface area contributed by atoms with E-state index in [2.05, 4.69) is 56.9 Å². The van der Waals surface area contributed by atoms with Crippen LogP contribution in [0.25, 0.3) is 10.9 Å². The van der Waals surface area contributed by atoms with Crippen molar-refractivity contribution in [3.63, 3.8) is 0 Å². The van der Waals surface area contributed by atoms with Crippen molar-refractivity contribution >= 4 is 10.9 Å². The van der Waals surface area contributed by atoms with Gasteiger partial charge < -0.3 is 4.98 Å². The monoisotopic (exact) mass is 257 g/mol. The summed E-state index contributed by atoms with van der Waals surface area (Å²) < 4.78 is 0. The Kier molecular flexibility index (Phi) is 4.68. The second kappa shape index (κ2) is 6.27. The normalized spacial score (nSPS) is 13.6. The molecule has 1 aromatic heterocycles. The van der Waals surface area contributed by atoms with Crippen LogP contribution in [0.15, 0.2) is 30.5 Å². The second-order valence-electron chi connectivity index (χ2n) is 6.54. The zero-order valence-electron chi connectivity index (χ0n) is 12.7. The lowest BCUT2D eigenvalue weighted by Crippen LogP contribution is -2.13. The summed E-state index contributed by atoms with van der Waals surface area (Å²) in [5, 5.41) is 1.34. The van der Waals surface area contributed by atoms with E-state index < -0.39 is 0 Å². The van der Waals surface area contributed by atoms with E-state index in [1.807, 2.05) is 6.20 Å². The largest absolute Gasteiger partial charge is 0.361 e. The number of hydrogen-bond acceptors (Lipinski definition) is 0. The van der Waals surface area contributed by atoms with Crippen LogP contribution in [0.4, 0.5) is 0 Å². The third-order valence-electron chi connectivity index (χ3n) is 4.21. The van der Waals surface area contributed by atoms with Crippen LogP contribution in [0, 0.1) is 17.8 Å². The molecule has 2 aromatic rings. The zero-order valence-corrected chi connectivity index (χ0v) is 12.7. The molecule has 2 rings (SSSR count). The number of H-pyrrole nitrogens is 1. The Morgan fingerprint density at radius 2 is 1.79 bits per heavy atom. The molecule has 1 unspecified atom stereocenters. The third-order valence-corrected chi connectivity index (χ3v) is 4.21. The van der Waals surface area contributed by atoms with Crippen molar-refractivity contribution in [2.75, 3.05) is 0 Å². The molecule has 1 N–H and O–H groups in total. The first-order chi connectivity index (χ1) is 9.08. The SMILES string of the molecule is CC(C)CCC(Cc1cccc2cc[nH]c12)C(C)C. The van der Waals surface area contributed by atoms with Crippen molar-refractivity contribution in [3.8, 4) is 0 Å². The van der Waals surface area contributed by atoms with Crippen LogP contribution in [0.5, 0.6) is 0 Å². The van der Waals surface area contributed by atoms with Gasteiger partial charge in [0.2, 0.25) is 0 Å². The summed E-state index contributed by atoms with van der Waals surface area (Å²) in [6.07, 6.45) is 5.92. The predicted molar refractivity (Wildman–Crippen MR) is 84.4 cm³/mol. The van der Waals surface area contributed by atoms with Gasteiger partial charge in [0, 0.05) is 11.7 Å². The molecule has 1 nitrogen and oxygen atoms in total. The molecular formula is C18H27N. The third kappa shape index (κ3) is 3.62. The lowest BCUT2D eigenvalue weighted by atomic mass is 9.83. The number of benzene rings is 1. The Balaban J connectivity index is 2.14. The Morgan fingerprint density at radius 3 is 2.47 bits per heavy atom. The van der Waals surface area contributed by atoms with Crippen LogP contribution < -0.4 is 0 Å². The molecule has 0 amide bonds. The van der Waals surface area contributed by atoms with Gasteiger partial charge >= 0.3 is 0 Å². The average molecular weight is 257 g/mol. The summed E-state index contributed by atoms with van der Waals surface area (Å²) in [5.41, 5.74) is 2.81. The van der Waals surface area contributed by atoms with Crippen LogP contribution >= 0.6 is 0 Å². The Morgan fingerprint density at radius 1 is 1.00 bits per heavy atom. The minimum Gasteiger partial charge on any atom is -0.361 e. The summed E-state index contributed by atoms with van der Waals surface area (Å²) >= 11 is 0. The predicted octanol–water partition coefficient (Wildman–Crippen LogP) is 5.42. The maximum Gasteiger partial charge on any atom is 0.0486 e. The number of fused-ring (bicyclic) bond motifs is 1. The van der Waals surface area contributed by atoms with E-state index in [-0.39, 0.29) is 0 Å². The smallest absolute Gasteiger partial charge is 0.0486 e. The van der Waals surface area contributed by atoms with Crippen molar-refractivity contribution in [3.05, 3.63) is 36.0 Å². The van der Waals surface area contributed by atoms with E-state index in [4.69, 9.17) is 0 Å². The van der Waals surface area contributed by atoms with Gasteiger partial charge in [0.05, 0.1) is 0 Å². The second-order valence-corrected chi connectivity index (χ2v) is 6.54. The molecule has 1 heterocycles. The molecule has 0 saturated carbocycles. The molecular weight excluding hydrogens is 230 g/mol. The number of hydrogen-bond donors (Lipinski definition) is 1. The highest BCUT2D eigenvalue weighted by atomic mass is 14.7. The molecule has 1 heteroatoms. The Labute approximate surface area is 117 Å². The van der Waals surface area contributed by atoms with Gasteiger partial charge in [-0.1, -0.05) is 52.3 Å². The van der Waals surface area contributed by atoms with E-state index in [9.17, 15) is 0 Å². The highest BCUT2D eigenvalue weighted by Gasteiger charge is 2.16. The van der Waals surface area contributed by atoms with Gasteiger partial charge in [0.15, 0.2) is 0 Å². The van der Waals surface area contributed by atoms with E-state index >= 15 is 0 Å². The first-order valence-electron chi connectivity index (χ1n) is 7.63. The van der Waals surface area contributed by atoms with Crippen LogP contribution in [0.1, 0.15) is 46.1 Å². The molecule has 1 atom stereocenters. The number of nitrogens with one attached hydrogen (secondary N) is 1. The number of para-hydroxylation sites is 1. The number of rotatable bonds is 6. The molecule has 0 spiro atoms. The number of aromatic nitrogens is 1. The summed E-state index contributed by atoms with van der Waals surface area (Å²) in [6, 6.07) is 8.82. The fraction of sp³-hybridized carbons (Fsp3) is 0.556. The molecule has 104 valence electrons. The molecule has 19 heavy (non-hydrogen) atoms. The molecule has 0 radical (unpaired) electrons. The minimum absolute atomic E-state index is 0.754. The van der Waals surface area contributed by atoms with Crippen LogP contribution in [0.3, 0.4) is 0 Å². The fourth-order valence-electron chi connectivity index (χ4n) is 2.82. The minimum atomic E-state index is 0.754. The van der Waals surface area contributed by atoms with Crippen LogP contribution in [-0.4, -0.2) is 4.98 Å². The van der Waals surface area contributed by atoms with Gasteiger partial charge in [-0.25, -0.2) is 0 Å². The fourth-order valence-corrected chi connectivity index (χ4v) is 2.82. The van der Waals surface area contributed by atoms with Gasteiger partial charge in [0.1, 0.15) is 0 Å². The van der Waals surface area contributed by atoms with Crippen LogP contribution in [0.2, 0.25) is 0 Å². The van der Waals surface area contributed by atoms with Gasteiger partial charge in [0.25, 0.3) is 0 Å². The average Bonchev–Trinajstić information content (AvgIpc) is 2.82. The van der Waals surface area contributed by atoms with E-state index in [1.165, 1.54) is 35.7 Å². The van der Waals surface area contributed by atoms with Crippen molar-refractivity contribution in [2.45, 2.75) is 47.0 Å². The van der Waals surface area contributed by atoms with Crippen molar-refractivity contribution in [2.24, 2.45) is 17.8 Å². The maximum atomic E-state index is 3.40. The van der Waals surface area contributed by atoms with Crippen molar-refractivity contribution in [1.82, 2.24) is 4.98 Å². The molecule has 0 saturated heterocycles. The van der Waals surface area contributed by atoms with Crippen LogP contribution in [-0.2, 0) is 6.42 Å². The molecule has 0 bridgehead atoms. The van der Waals surface area contributed by atoms with Crippen molar-refractivity contribution < 1.29 is 0 Å². The molecule has 1 aromatic carbocycles. The highest BCUT2D eigenvalue weighted by Crippen LogP contribution is 2.27. The highest BCUT2D eigenvalue weighted by molar-refractivity contribution is 5.82. The molecule has 0 aliphatic carbocycles. The van der Waals surface area contributed by atoms with Gasteiger partial charge in [-0.05, 0) is 47.6 Å². The summed E-state index contributed by atoms with van der Waals surface area (Å²) in [5.74, 6) is 2.35. The molecule has 0 fully saturated rings. The van der Waals surface area contributed by atoms with Gasteiger partial charge in [-0.15, -0.1) is 0 Å². The van der Waals surface area contributed by atoms with Gasteiger partial charge in [-0.2, -0.15) is 0 Å². The zero-order chi connectivity index (χ0) is 13.8. The lowest BCUT2D eigenvalue weighted by Gasteiger charge is -2.22. The Bertz CT molecular complexity index is 507. The molecule has 0 aliphatic rings. The maximum absolute atomic E-state index is 3.40. The van der Waals surface area contributed by atoms with E-state index in [1.54, 1.807) is 0 Å². The summed E-state index contributed by atoms with van der Waals surface area (Å²) in [6.45, 7) is 9.37. The quantitative estimate of drug-likeness (QED) is 0.711. The first-order valence-corrected chi connectivity index (χ1v) is 7.63. The standard InChI is InChI=1S/C18H27N/c1-13(2)8-9-16(14(3)4)12-17-7-5-6-15-10-11-19-18(15)17/h5-7,10-11,13-14,16,19H,8-9,12H2,1-4H3. The Hall–Kier alpha value is -1.24. The van der Waals surface area contributed by atoms with Gasteiger partial charge in [-0.3, -0.25) is 0 Å². The van der Waals surface area contributed by atoms with Crippen molar-refractivity contribution in [1.29, 1.82) is 0 Å². The molecule has 0 aliphatic heterocycles. The lowest BCUT2D eigenvalue weighted by molar-refractivity contribution is 0.330. The first kappa shape index (κ1) is 14.2. The number of aromatic amines is 1. The summed E-state index contributed by atoms with van der Waals surface area (Å²) in [4.78, 5) is 3.40. The topological polar surface area (TPSA) is 15.8 Å². The van der Waals surface area contributed by atoms with E-state index in [0.29, 0.717) is 0 Å². The van der Waals surface area contributed by atoms with E-state index in [0.717, 1.165) is 17.8 Å².